The number of likely N-dealkylation sites (tertiary alicyclic amines) is 1. The van der Waals surface area contributed by atoms with Crippen molar-refractivity contribution in [3.63, 3.8) is 0 Å². The Kier molecular flexibility index (Phi) is 6.80. The molecule has 1 aliphatic rings. The molecule has 0 spiro atoms. The Morgan fingerprint density at radius 3 is 2.63 bits per heavy atom. The van der Waals surface area contributed by atoms with E-state index in [0.717, 1.165) is 19.0 Å². The van der Waals surface area contributed by atoms with Crippen molar-refractivity contribution in [2.75, 3.05) is 19.7 Å². The van der Waals surface area contributed by atoms with E-state index in [0.29, 0.717) is 12.6 Å². The first-order valence-corrected chi connectivity index (χ1v) is 7.60. The predicted molar refractivity (Wildman–Crippen MR) is 78.1 cm³/mol. The third-order valence-corrected chi connectivity index (χ3v) is 3.80. The van der Waals surface area contributed by atoms with Gasteiger partial charge in [0.1, 0.15) is 6.04 Å². The SMILES string of the molecule is CCOC(=O)C(CN1CCC(C)CC1C)NC(C)C. The summed E-state index contributed by atoms with van der Waals surface area (Å²) in [5.74, 6) is 0.673. The molecule has 1 aliphatic heterocycles. The molecule has 4 heteroatoms. The lowest BCUT2D eigenvalue weighted by Gasteiger charge is -2.38. The van der Waals surface area contributed by atoms with Crippen LogP contribution in [0.3, 0.4) is 0 Å². The molecule has 0 radical (unpaired) electrons. The summed E-state index contributed by atoms with van der Waals surface area (Å²) in [5.41, 5.74) is 0. The summed E-state index contributed by atoms with van der Waals surface area (Å²) in [6, 6.07) is 0.624. The molecule has 19 heavy (non-hydrogen) atoms. The third-order valence-electron chi connectivity index (χ3n) is 3.80. The lowest BCUT2D eigenvalue weighted by molar-refractivity contribution is -0.146. The van der Waals surface area contributed by atoms with Crippen molar-refractivity contribution in [3.8, 4) is 0 Å². The Morgan fingerprint density at radius 2 is 2.11 bits per heavy atom. The first-order chi connectivity index (χ1) is 8.93. The van der Waals surface area contributed by atoms with E-state index >= 15 is 0 Å². The second-order valence-electron chi connectivity index (χ2n) is 6.10. The van der Waals surface area contributed by atoms with Crippen LogP contribution in [-0.4, -0.2) is 48.7 Å². The molecule has 0 aromatic carbocycles. The predicted octanol–water partition coefficient (Wildman–Crippen LogP) is 2.04. The number of nitrogens with zero attached hydrogens (tertiary/aromatic N) is 1. The first-order valence-electron chi connectivity index (χ1n) is 7.60. The van der Waals surface area contributed by atoms with Gasteiger partial charge < -0.3 is 10.1 Å². The normalized spacial score (nSPS) is 26.4. The molecule has 0 aromatic rings. The molecule has 3 unspecified atom stereocenters. The fourth-order valence-electron chi connectivity index (χ4n) is 2.80. The van der Waals surface area contributed by atoms with Gasteiger partial charge in [-0.2, -0.15) is 0 Å². The molecule has 1 N–H and O–H groups in total. The minimum absolute atomic E-state index is 0.123. The molecule has 0 saturated carbocycles. The van der Waals surface area contributed by atoms with Crippen LogP contribution < -0.4 is 5.32 Å². The first kappa shape index (κ1) is 16.4. The number of nitrogens with one attached hydrogen (secondary N) is 1. The van der Waals surface area contributed by atoms with E-state index in [2.05, 4.69) is 37.9 Å². The molecule has 1 saturated heterocycles. The fourth-order valence-corrected chi connectivity index (χ4v) is 2.80. The van der Waals surface area contributed by atoms with Gasteiger partial charge in [-0.1, -0.05) is 20.8 Å². The number of piperidine rings is 1. The zero-order chi connectivity index (χ0) is 14.4. The van der Waals surface area contributed by atoms with Crippen molar-refractivity contribution in [2.45, 2.75) is 65.6 Å². The standard InChI is InChI=1S/C15H30N2O2/c1-6-19-15(18)14(16-11(2)3)10-17-8-7-12(4)9-13(17)5/h11-14,16H,6-10H2,1-5H3. The summed E-state index contributed by atoms with van der Waals surface area (Å²) < 4.78 is 5.17. The molecular weight excluding hydrogens is 240 g/mol. The Labute approximate surface area is 117 Å². The van der Waals surface area contributed by atoms with Crippen LogP contribution >= 0.6 is 0 Å². The zero-order valence-electron chi connectivity index (χ0n) is 13.1. The van der Waals surface area contributed by atoms with Crippen LogP contribution in [0.5, 0.6) is 0 Å². The summed E-state index contributed by atoms with van der Waals surface area (Å²) in [4.78, 5) is 14.4. The van der Waals surface area contributed by atoms with Gasteiger partial charge in [0.05, 0.1) is 6.61 Å². The average Bonchev–Trinajstić information content (AvgIpc) is 2.31. The van der Waals surface area contributed by atoms with E-state index in [9.17, 15) is 4.79 Å². The Bertz CT molecular complexity index is 281. The number of rotatable bonds is 6. The van der Waals surface area contributed by atoms with Gasteiger partial charge >= 0.3 is 5.97 Å². The molecule has 0 amide bonds. The second-order valence-corrected chi connectivity index (χ2v) is 6.10. The molecule has 0 aliphatic carbocycles. The van der Waals surface area contributed by atoms with Gasteiger partial charge in [-0.25, -0.2) is 0 Å². The summed E-state index contributed by atoms with van der Waals surface area (Å²) in [5, 5.41) is 3.33. The highest BCUT2D eigenvalue weighted by atomic mass is 16.5. The lowest BCUT2D eigenvalue weighted by Crippen LogP contribution is -2.53. The van der Waals surface area contributed by atoms with E-state index in [-0.39, 0.29) is 18.1 Å². The van der Waals surface area contributed by atoms with Crippen molar-refractivity contribution >= 4 is 5.97 Å². The smallest absolute Gasteiger partial charge is 0.324 e. The molecule has 3 atom stereocenters. The van der Waals surface area contributed by atoms with Crippen LogP contribution in [0, 0.1) is 5.92 Å². The van der Waals surface area contributed by atoms with E-state index < -0.39 is 0 Å². The number of ether oxygens (including phenoxy) is 1. The van der Waals surface area contributed by atoms with Gasteiger partial charge in [0.2, 0.25) is 0 Å². The van der Waals surface area contributed by atoms with Gasteiger partial charge in [-0.3, -0.25) is 9.69 Å². The van der Waals surface area contributed by atoms with Gasteiger partial charge in [0, 0.05) is 18.6 Å². The van der Waals surface area contributed by atoms with Crippen LogP contribution in [0.4, 0.5) is 0 Å². The number of hydrogen-bond acceptors (Lipinski definition) is 4. The molecule has 4 nitrogen and oxygen atoms in total. The number of hydrogen-bond donors (Lipinski definition) is 1. The Balaban J connectivity index is 2.58. The van der Waals surface area contributed by atoms with Crippen molar-refractivity contribution < 1.29 is 9.53 Å². The number of carbonyl (C=O) groups is 1. The number of carbonyl (C=O) groups excluding carboxylic acids is 1. The molecule has 0 aromatic heterocycles. The Hall–Kier alpha value is -0.610. The monoisotopic (exact) mass is 270 g/mol. The van der Waals surface area contributed by atoms with Crippen LogP contribution in [0.1, 0.15) is 47.5 Å². The van der Waals surface area contributed by atoms with Gasteiger partial charge in [0.15, 0.2) is 0 Å². The van der Waals surface area contributed by atoms with Crippen molar-refractivity contribution in [1.29, 1.82) is 0 Å². The van der Waals surface area contributed by atoms with Crippen molar-refractivity contribution in [1.82, 2.24) is 10.2 Å². The Morgan fingerprint density at radius 1 is 1.42 bits per heavy atom. The van der Waals surface area contributed by atoms with E-state index in [1.807, 2.05) is 6.92 Å². The highest BCUT2D eigenvalue weighted by Crippen LogP contribution is 2.22. The summed E-state index contributed by atoms with van der Waals surface area (Å²) in [6.45, 7) is 12.8. The average molecular weight is 270 g/mol. The van der Waals surface area contributed by atoms with Crippen LogP contribution in [0.25, 0.3) is 0 Å². The molecule has 1 fully saturated rings. The molecule has 1 rings (SSSR count). The zero-order valence-corrected chi connectivity index (χ0v) is 13.1. The highest BCUT2D eigenvalue weighted by Gasteiger charge is 2.28. The lowest BCUT2D eigenvalue weighted by atomic mass is 9.93. The van der Waals surface area contributed by atoms with Crippen LogP contribution in [0.2, 0.25) is 0 Å². The minimum Gasteiger partial charge on any atom is -0.465 e. The maximum absolute atomic E-state index is 12.0. The highest BCUT2D eigenvalue weighted by molar-refractivity contribution is 5.76. The van der Waals surface area contributed by atoms with E-state index in [1.54, 1.807) is 0 Å². The van der Waals surface area contributed by atoms with Crippen molar-refractivity contribution in [2.24, 2.45) is 5.92 Å². The summed E-state index contributed by atoms with van der Waals surface area (Å²) >= 11 is 0. The van der Waals surface area contributed by atoms with Crippen molar-refractivity contribution in [3.05, 3.63) is 0 Å². The maximum atomic E-state index is 12.0. The molecule has 0 bridgehead atoms. The minimum atomic E-state index is -0.212. The van der Waals surface area contributed by atoms with Crippen LogP contribution in [-0.2, 0) is 9.53 Å². The number of esters is 1. The van der Waals surface area contributed by atoms with Gasteiger partial charge in [-0.15, -0.1) is 0 Å². The third kappa shape index (κ3) is 5.49. The van der Waals surface area contributed by atoms with E-state index in [1.165, 1.54) is 12.8 Å². The summed E-state index contributed by atoms with van der Waals surface area (Å²) in [7, 11) is 0. The molecular formula is C15H30N2O2. The van der Waals surface area contributed by atoms with Gasteiger partial charge in [0.25, 0.3) is 0 Å². The maximum Gasteiger partial charge on any atom is 0.324 e. The largest absolute Gasteiger partial charge is 0.465 e. The molecule has 1 heterocycles. The fraction of sp³-hybridized carbons (Fsp3) is 0.933. The quantitative estimate of drug-likeness (QED) is 0.750. The second kappa shape index (κ2) is 7.85. The topological polar surface area (TPSA) is 41.6 Å². The van der Waals surface area contributed by atoms with E-state index in [4.69, 9.17) is 4.74 Å². The molecule has 112 valence electrons. The van der Waals surface area contributed by atoms with Gasteiger partial charge in [-0.05, 0) is 39.2 Å². The summed E-state index contributed by atoms with van der Waals surface area (Å²) in [6.07, 6.45) is 2.44. The van der Waals surface area contributed by atoms with Crippen LogP contribution in [0.15, 0.2) is 0 Å².